The van der Waals surface area contributed by atoms with Crippen LogP contribution in [0.1, 0.15) is 43.0 Å². The predicted octanol–water partition coefficient (Wildman–Crippen LogP) is 5.73. The first-order valence-corrected chi connectivity index (χ1v) is 9.22. The lowest BCUT2D eigenvalue weighted by Crippen LogP contribution is -2.41. The SMILES string of the molecule is Cc1ccc2c(c1)[C@H](NC(=O)/C=C/c1ccc(Cl)cc1Cl)CC(C)(C)O2. The molecular formula is C21H21Cl2NO2. The minimum atomic E-state index is -0.344. The normalized spacial score (nSPS) is 18.3. The molecule has 0 fully saturated rings. The van der Waals surface area contributed by atoms with Crippen molar-refractivity contribution < 1.29 is 9.53 Å². The van der Waals surface area contributed by atoms with Gasteiger partial charge in [0, 0.05) is 28.1 Å². The highest BCUT2D eigenvalue weighted by Crippen LogP contribution is 2.39. The number of benzene rings is 2. The molecule has 0 bridgehead atoms. The van der Waals surface area contributed by atoms with Gasteiger partial charge in [0.1, 0.15) is 11.4 Å². The molecule has 1 heterocycles. The van der Waals surface area contributed by atoms with E-state index in [9.17, 15) is 4.79 Å². The van der Waals surface area contributed by atoms with E-state index < -0.39 is 0 Å². The monoisotopic (exact) mass is 389 g/mol. The maximum atomic E-state index is 12.5. The number of rotatable bonds is 3. The number of ether oxygens (including phenoxy) is 1. The van der Waals surface area contributed by atoms with Crippen LogP contribution in [-0.2, 0) is 4.79 Å². The van der Waals surface area contributed by atoms with E-state index in [0.717, 1.165) is 22.4 Å². The molecule has 0 unspecified atom stereocenters. The zero-order valence-electron chi connectivity index (χ0n) is 15.0. The number of nitrogens with one attached hydrogen (secondary N) is 1. The van der Waals surface area contributed by atoms with E-state index >= 15 is 0 Å². The number of aryl methyl sites for hydroxylation is 1. The topological polar surface area (TPSA) is 38.3 Å². The zero-order valence-corrected chi connectivity index (χ0v) is 16.5. The molecule has 0 radical (unpaired) electrons. The molecule has 1 N–H and O–H groups in total. The van der Waals surface area contributed by atoms with E-state index in [1.807, 2.05) is 32.9 Å². The largest absolute Gasteiger partial charge is 0.487 e. The Labute approximate surface area is 164 Å². The number of carbonyl (C=O) groups is 1. The van der Waals surface area contributed by atoms with Crippen LogP contribution in [-0.4, -0.2) is 11.5 Å². The van der Waals surface area contributed by atoms with E-state index in [-0.39, 0.29) is 17.6 Å². The summed E-state index contributed by atoms with van der Waals surface area (Å²) in [4.78, 5) is 12.5. The van der Waals surface area contributed by atoms with Gasteiger partial charge in [0.25, 0.3) is 0 Å². The summed E-state index contributed by atoms with van der Waals surface area (Å²) >= 11 is 12.0. The van der Waals surface area contributed by atoms with Crippen molar-refractivity contribution in [1.82, 2.24) is 5.32 Å². The highest BCUT2D eigenvalue weighted by molar-refractivity contribution is 6.35. The van der Waals surface area contributed by atoms with Crippen molar-refractivity contribution in [2.75, 3.05) is 0 Å². The Bertz CT molecular complexity index is 874. The van der Waals surface area contributed by atoms with Crippen LogP contribution in [0, 0.1) is 6.92 Å². The lowest BCUT2D eigenvalue weighted by atomic mass is 9.89. The number of hydrogen-bond acceptors (Lipinski definition) is 2. The number of halogens is 2. The van der Waals surface area contributed by atoms with E-state index in [1.165, 1.54) is 6.08 Å². The predicted molar refractivity (Wildman–Crippen MR) is 107 cm³/mol. The van der Waals surface area contributed by atoms with Crippen molar-refractivity contribution in [2.24, 2.45) is 0 Å². The number of hydrogen-bond donors (Lipinski definition) is 1. The molecular weight excluding hydrogens is 369 g/mol. The van der Waals surface area contributed by atoms with E-state index in [1.54, 1.807) is 24.3 Å². The lowest BCUT2D eigenvalue weighted by Gasteiger charge is -2.38. The van der Waals surface area contributed by atoms with Gasteiger partial charge in [0.05, 0.1) is 6.04 Å². The molecule has 5 heteroatoms. The molecule has 3 nitrogen and oxygen atoms in total. The first kappa shape index (κ1) is 18.8. The van der Waals surface area contributed by atoms with Gasteiger partial charge >= 0.3 is 0 Å². The third kappa shape index (κ3) is 4.40. The van der Waals surface area contributed by atoms with Gasteiger partial charge in [-0.2, -0.15) is 0 Å². The third-order valence-electron chi connectivity index (χ3n) is 4.32. The molecule has 1 aliphatic rings. The van der Waals surface area contributed by atoms with Crippen molar-refractivity contribution in [3.05, 3.63) is 69.2 Å². The summed E-state index contributed by atoms with van der Waals surface area (Å²) in [5.74, 6) is 0.646. The zero-order chi connectivity index (χ0) is 18.9. The van der Waals surface area contributed by atoms with E-state index in [0.29, 0.717) is 16.5 Å². The van der Waals surface area contributed by atoms with E-state index in [4.69, 9.17) is 27.9 Å². The Morgan fingerprint density at radius 2 is 2.00 bits per heavy atom. The fraction of sp³-hybridized carbons (Fsp3) is 0.286. The van der Waals surface area contributed by atoms with Gasteiger partial charge in [-0.3, -0.25) is 4.79 Å². The van der Waals surface area contributed by atoms with Crippen LogP contribution in [0.2, 0.25) is 10.0 Å². The Hall–Kier alpha value is -1.97. The fourth-order valence-corrected chi connectivity index (χ4v) is 3.60. The minimum Gasteiger partial charge on any atom is -0.487 e. The molecule has 0 aliphatic carbocycles. The molecule has 0 aromatic heterocycles. The van der Waals surface area contributed by atoms with Crippen LogP contribution in [0.5, 0.6) is 5.75 Å². The van der Waals surface area contributed by atoms with Gasteiger partial charge in [0.15, 0.2) is 0 Å². The molecule has 2 aromatic rings. The average molecular weight is 390 g/mol. The fourth-order valence-electron chi connectivity index (χ4n) is 3.12. The maximum absolute atomic E-state index is 12.5. The molecule has 0 saturated heterocycles. The van der Waals surface area contributed by atoms with Gasteiger partial charge in [-0.05, 0) is 50.6 Å². The molecule has 3 rings (SSSR count). The van der Waals surface area contributed by atoms with Crippen molar-refractivity contribution in [1.29, 1.82) is 0 Å². The van der Waals surface area contributed by atoms with Gasteiger partial charge < -0.3 is 10.1 Å². The summed E-state index contributed by atoms with van der Waals surface area (Å²) in [6.45, 7) is 6.08. The van der Waals surface area contributed by atoms with Crippen LogP contribution in [0.4, 0.5) is 0 Å². The van der Waals surface area contributed by atoms with Crippen LogP contribution in [0.25, 0.3) is 6.08 Å². The molecule has 0 spiro atoms. The highest BCUT2D eigenvalue weighted by atomic mass is 35.5. The molecule has 1 atom stereocenters. The van der Waals surface area contributed by atoms with Crippen LogP contribution >= 0.6 is 23.2 Å². The molecule has 2 aromatic carbocycles. The quantitative estimate of drug-likeness (QED) is 0.680. The van der Waals surface area contributed by atoms with Crippen LogP contribution < -0.4 is 10.1 Å². The van der Waals surface area contributed by atoms with Crippen LogP contribution in [0.3, 0.4) is 0 Å². The molecule has 136 valence electrons. The Morgan fingerprint density at radius 3 is 2.73 bits per heavy atom. The lowest BCUT2D eigenvalue weighted by molar-refractivity contribution is -0.117. The van der Waals surface area contributed by atoms with Gasteiger partial charge in [-0.15, -0.1) is 0 Å². The highest BCUT2D eigenvalue weighted by Gasteiger charge is 2.34. The standard InChI is InChI=1S/C21H21Cl2NO2/c1-13-4-8-19-16(10-13)18(12-21(2,3)26-19)24-20(25)9-6-14-5-7-15(22)11-17(14)23/h4-11,18H,12H2,1-3H3,(H,24,25)/b9-6+/t18-/m1/s1. The molecule has 26 heavy (non-hydrogen) atoms. The number of fused-ring (bicyclic) bond motifs is 1. The number of amides is 1. The molecule has 0 saturated carbocycles. The second-order valence-electron chi connectivity index (χ2n) is 7.17. The smallest absolute Gasteiger partial charge is 0.244 e. The van der Waals surface area contributed by atoms with Crippen molar-refractivity contribution in [2.45, 2.75) is 38.8 Å². The Balaban J connectivity index is 1.78. The van der Waals surface area contributed by atoms with Crippen LogP contribution in [0.15, 0.2) is 42.5 Å². The van der Waals surface area contributed by atoms with Gasteiger partial charge in [-0.25, -0.2) is 0 Å². The molecule has 1 aliphatic heterocycles. The van der Waals surface area contributed by atoms with Crippen molar-refractivity contribution >= 4 is 35.2 Å². The summed E-state index contributed by atoms with van der Waals surface area (Å²) in [5, 5.41) is 4.16. The second kappa shape index (κ2) is 7.34. The molecule has 1 amide bonds. The maximum Gasteiger partial charge on any atom is 0.244 e. The Morgan fingerprint density at radius 1 is 1.23 bits per heavy atom. The summed E-state index contributed by atoms with van der Waals surface area (Å²) < 4.78 is 6.04. The first-order chi connectivity index (χ1) is 12.2. The minimum absolute atomic E-state index is 0.105. The first-order valence-electron chi connectivity index (χ1n) is 8.47. The van der Waals surface area contributed by atoms with Gasteiger partial charge in [-0.1, -0.05) is 47.0 Å². The van der Waals surface area contributed by atoms with Crippen molar-refractivity contribution in [3.8, 4) is 5.75 Å². The number of carbonyl (C=O) groups excluding carboxylic acids is 1. The van der Waals surface area contributed by atoms with Crippen molar-refractivity contribution in [3.63, 3.8) is 0 Å². The average Bonchev–Trinajstić information content (AvgIpc) is 2.54. The van der Waals surface area contributed by atoms with E-state index in [2.05, 4.69) is 11.4 Å². The summed E-state index contributed by atoms with van der Waals surface area (Å²) in [5.41, 5.74) is 2.55. The summed E-state index contributed by atoms with van der Waals surface area (Å²) in [6.07, 6.45) is 3.88. The third-order valence-corrected chi connectivity index (χ3v) is 4.88. The second-order valence-corrected chi connectivity index (χ2v) is 8.01. The van der Waals surface area contributed by atoms with Gasteiger partial charge in [0.2, 0.25) is 5.91 Å². The Kier molecular flexibility index (Phi) is 5.31. The summed E-state index contributed by atoms with van der Waals surface area (Å²) in [7, 11) is 0. The summed E-state index contributed by atoms with van der Waals surface area (Å²) in [6, 6.07) is 11.1.